The third kappa shape index (κ3) is 2.44. The molecule has 0 heterocycles. The summed E-state index contributed by atoms with van der Waals surface area (Å²) < 4.78 is 6.06. The van der Waals surface area contributed by atoms with Crippen LogP contribution in [0.25, 0.3) is 0 Å². The van der Waals surface area contributed by atoms with E-state index >= 15 is 0 Å². The second kappa shape index (κ2) is 5.24. The highest BCUT2D eigenvalue weighted by Crippen LogP contribution is 2.66. The predicted octanol–water partition coefficient (Wildman–Crippen LogP) is 4.03. The Morgan fingerprint density at radius 3 is 2.52 bits per heavy atom. The van der Waals surface area contributed by atoms with E-state index in [-0.39, 0.29) is 23.9 Å². The van der Waals surface area contributed by atoms with Crippen LogP contribution in [0, 0.1) is 16.7 Å². The molecular weight excluding hydrogens is 260 g/mol. The number of rotatable bonds is 5. The highest BCUT2D eigenvalue weighted by atomic mass is 16.5. The van der Waals surface area contributed by atoms with Gasteiger partial charge in [-0.15, -0.1) is 0 Å². The van der Waals surface area contributed by atoms with Gasteiger partial charge in [0, 0.05) is 6.42 Å². The summed E-state index contributed by atoms with van der Waals surface area (Å²) in [5.74, 6) is 0.946. The fourth-order valence-electron chi connectivity index (χ4n) is 4.45. The molecule has 0 aliphatic heterocycles. The van der Waals surface area contributed by atoms with Gasteiger partial charge in [0.25, 0.3) is 0 Å². The van der Waals surface area contributed by atoms with Gasteiger partial charge in [0.2, 0.25) is 0 Å². The number of carbonyl (C=O) groups excluding carboxylic acids is 1. The summed E-state index contributed by atoms with van der Waals surface area (Å²) in [4.78, 5) is 12.1. The van der Waals surface area contributed by atoms with Crippen molar-refractivity contribution >= 4 is 5.78 Å². The Morgan fingerprint density at radius 2 is 1.95 bits per heavy atom. The van der Waals surface area contributed by atoms with Crippen molar-refractivity contribution in [3.63, 3.8) is 0 Å². The van der Waals surface area contributed by atoms with E-state index < -0.39 is 0 Å². The number of carbonyl (C=O) groups is 1. The normalized spacial score (nSPS) is 33.3. The van der Waals surface area contributed by atoms with Crippen LogP contribution in [0.1, 0.15) is 45.6 Å². The molecule has 3 atom stereocenters. The van der Waals surface area contributed by atoms with Crippen LogP contribution >= 0.6 is 0 Å². The number of Topliss-reactive ketones (excluding diaryl/α,β-unsaturated/α-hetero) is 1. The van der Waals surface area contributed by atoms with Crippen molar-refractivity contribution < 1.29 is 9.53 Å². The van der Waals surface area contributed by atoms with Crippen LogP contribution in [0.3, 0.4) is 0 Å². The van der Waals surface area contributed by atoms with E-state index in [2.05, 4.69) is 20.8 Å². The molecule has 0 aromatic heterocycles. The van der Waals surface area contributed by atoms with Crippen molar-refractivity contribution in [3.05, 3.63) is 35.9 Å². The third-order valence-corrected chi connectivity index (χ3v) is 6.40. The summed E-state index contributed by atoms with van der Waals surface area (Å²) in [6.07, 6.45) is 4.42. The van der Waals surface area contributed by atoms with E-state index in [0.717, 1.165) is 17.9 Å². The van der Waals surface area contributed by atoms with Gasteiger partial charge < -0.3 is 4.74 Å². The smallest absolute Gasteiger partial charge is 0.162 e. The SMILES string of the molecule is CC1(C)C2CCC1(C)C(OCC(=O)Cc1ccccc1)C2. The van der Waals surface area contributed by atoms with Crippen LogP contribution in [0.15, 0.2) is 30.3 Å². The molecule has 2 nitrogen and oxygen atoms in total. The molecule has 0 spiro atoms. The number of fused-ring (bicyclic) bond motifs is 2. The first-order valence-corrected chi connectivity index (χ1v) is 8.11. The van der Waals surface area contributed by atoms with E-state index in [4.69, 9.17) is 4.74 Å². The zero-order valence-corrected chi connectivity index (χ0v) is 13.4. The molecule has 1 aromatic carbocycles. The molecule has 2 aliphatic rings. The van der Waals surface area contributed by atoms with Crippen molar-refractivity contribution in [2.24, 2.45) is 16.7 Å². The van der Waals surface area contributed by atoms with Crippen molar-refractivity contribution in [2.75, 3.05) is 6.61 Å². The lowest BCUT2D eigenvalue weighted by molar-refractivity contribution is -0.129. The lowest BCUT2D eigenvalue weighted by Crippen LogP contribution is -2.38. The van der Waals surface area contributed by atoms with E-state index in [1.165, 1.54) is 12.8 Å². The summed E-state index contributed by atoms with van der Waals surface area (Å²) >= 11 is 0. The fraction of sp³-hybridized carbons (Fsp3) is 0.632. The molecular formula is C19H26O2. The van der Waals surface area contributed by atoms with Gasteiger partial charge in [0.15, 0.2) is 5.78 Å². The molecule has 0 N–H and O–H groups in total. The number of hydrogen-bond donors (Lipinski definition) is 0. The van der Waals surface area contributed by atoms with Crippen molar-refractivity contribution in [1.29, 1.82) is 0 Å². The van der Waals surface area contributed by atoms with Crippen LogP contribution < -0.4 is 0 Å². The van der Waals surface area contributed by atoms with Gasteiger partial charge >= 0.3 is 0 Å². The Morgan fingerprint density at radius 1 is 1.24 bits per heavy atom. The number of hydrogen-bond acceptors (Lipinski definition) is 2. The Hall–Kier alpha value is -1.15. The maximum atomic E-state index is 12.1. The lowest BCUT2D eigenvalue weighted by Gasteiger charge is -2.38. The quantitative estimate of drug-likeness (QED) is 0.817. The van der Waals surface area contributed by atoms with Crippen molar-refractivity contribution in [1.82, 2.24) is 0 Å². The lowest BCUT2D eigenvalue weighted by atomic mass is 9.70. The Labute approximate surface area is 127 Å². The molecule has 0 amide bonds. The summed E-state index contributed by atoms with van der Waals surface area (Å²) in [5, 5.41) is 0. The van der Waals surface area contributed by atoms with Gasteiger partial charge in [-0.25, -0.2) is 0 Å². The number of ketones is 1. The Bertz CT molecular complexity index is 520. The monoisotopic (exact) mass is 286 g/mol. The van der Waals surface area contributed by atoms with E-state index in [1.807, 2.05) is 30.3 Å². The summed E-state index contributed by atoms with van der Waals surface area (Å²) in [6, 6.07) is 9.92. The van der Waals surface area contributed by atoms with Gasteiger partial charge in [0.05, 0.1) is 6.10 Å². The average molecular weight is 286 g/mol. The molecule has 2 bridgehead atoms. The largest absolute Gasteiger partial charge is 0.370 e. The fourth-order valence-corrected chi connectivity index (χ4v) is 4.45. The minimum atomic E-state index is 0.186. The van der Waals surface area contributed by atoms with E-state index in [0.29, 0.717) is 11.8 Å². The van der Waals surface area contributed by atoms with E-state index in [9.17, 15) is 4.79 Å². The highest BCUT2D eigenvalue weighted by molar-refractivity contribution is 5.82. The minimum absolute atomic E-state index is 0.186. The Kier molecular flexibility index (Phi) is 3.69. The van der Waals surface area contributed by atoms with Gasteiger partial charge in [-0.05, 0) is 41.6 Å². The van der Waals surface area contributed by atoms with Gasteiger partial charge in [-0.3, -0.25) is 4.79 Å². The number of ether oxygens (including phenoxy) is 1. The van der Waals surface area contributed by atoms with Crippen LogP contribution in [0.4, 0.5) is 0 Å². The highest BCUT2D eigenvalue weighted by Gasteiger charge is 2.61. The van der Waals surface area contributed by atoms with Crippen LogP contribution in [0.2, 0.25) is 0 Å². The molecule has 2 fully saturated rings. The molecule has 0 saturated heterocycles. The number of benzene rings is 1. The molecule has 1 aromatic rings. The first-order chi connectivity index (χ1) is 9.93. The first-order valence-electron chi connectivity index (χ1n) is 8.11. The predicted molar refractivity (Wildman–Crippen MR) is 84.1 cm³/mol. The third-order valence-electron chi connectivity index (χ3n) is 6.40. The van der Waals surface area contributed by atoms with Gasteiger partial charge in [-0.2, -0.15) is 0 Å². The topological polar surface area (TPSA) is 26.3 Å². The van der Waals surface area contributed by atoms with Crippen molar-refractivity contribution in [3.8, 4) is 0 Å². The maximum Gasteiger partial charge on any atom is 0.162 e. The van der Waals surface area contributed by atoms with Gasteiger partial charge in [0.1, 0.15) is 6.61 Å². The first kappa shape index (κ1) is 14.8. The molecule has 3 unspecified atom stereocenters. The molecule has 21 heavy (non-hydrogen) atoms. The zero-order valence-electron chi connectivity index (χ0n) is 13.4. The van der Waals surface area contributed by atoms with Crippen molar-refractivity contribution in [2.45, 2.75) is 52.6 Å². The summed E-state index contributed by atoms with van der Waals surface area (Å²) in [7, 11) is 0. The van der Waals surface area contributed by atoms with E-state index in [1.54, 1.807) is 0 Å². The standard InChI is InChI=1S/C19H26O2/c1-18(2)15-9-10-19(18,3)17(12-15)21-13-16(20)11-14-7-5-4-6-8-14/h4-8,15,17H,9-13H2,1-3H3. The molecule has 114 valence electrons. The second-order valence-electron chi connectivity index (χ2n) is 7.61. The molecule has 2 saturated carbocycles. The maximum absolute atomic E-state index is 12.1. The molecule has 0 radical (unpaired) electrons. The molecule has 2 aliphatic carbocycles. The Balaban J connectivity index is 1.56. The molecule has 2 heteroatoms. The summed E-state index contributed by atoms with van der Waals surface area (Å²) in [6.45, 7) is 7.37. The van der Waals surface area contributed by atoms with Crippen LogP contribution in [0.5, 0.6) is 0 Å². The molecule has 3 rings (SSSR count). The average Bonchev–Trinajstić information content (AvgIpc) is 2.79. The summed E-state index contributed by atoms with van der Waals surface area (Å²) in [5.41, 5.74) is 1.66. The second-order valence-corrected chi connectivity index (χ2v) is 7.61. The van der Waals surface area contributed by atoms with Gasteiger partial charge in [-0.1, -0.05) is 51.1 Å². The minimum Gasteiger partial charge on any atom is -0.370 e. The zero-order chi connectivity index (χ0) is 15.1. The van der Waals surface area contributed by atoms with Crippen LogP contribution in [-0.2, 0) is 16.0 Å². The van der Waals surface area contributed by atoms with Crippen LogP contribution in [-0.4, -0.2) is 18.5 Å².